The molecule has 0 bridgehead atoms. The van der Waals surface area contributed by atoms with Crippen molar-refractivity contribution in [2.75, 3.05) is 0 Å². The van der Waals surface area contributed by atoms with E-state index < -0.39 is 0 Å². The third-order valence-corrected chi connectivity index (χ3v) is 2.47. The Labute approximate surface area is 96.1 Å². The van der Waals surface area contributed by atoms with Crippen molar-refractivity contribution in [3.63, 3.8) is 0 Å². The van der Waals surface area contributed by atoms with Crippen LogP contribution in [0.3, 0.4) is 0 Å². The zero-order valence-electron chi connectivity index (χ0n) is 9.72. The van der Waals surface area contributed by atoms with E-state index in [0.717, 1.165) is 5.82 Å². The van der Waals surface area contributed by atoms with Gasteiger partial charge < -0.3 is 4.57 Å². The molecule has 1 aromatic heterocycles. The van der Waals surface area contributed by atoms with Gasteiger partial charge in [0.1, 0.15) is 5.82 Å². The van der Waals surface area contributed by atoms with Crippen LogP contribution in [0.4, 0.5) is 0 Å². The minimum Gasteiger partial charge on any atom is -0.333 e. The van der Waals surface area contributed by atoms with Crippen LogP contribution in [0.15, 0.2) is 12.4 Å². The minimum atomic E-state index is -0.105. The molecule has 0 amide bonds. The number of nitriles is 2. The van der Waals surface area contributed by atoms with Crippen LogP contribution >= 0.6 is 0 Å². The maximum atomic E-state index is 8.99. The Morgan fingerprint density at radius 1 is 1.44 bits per heavy atom. The van der Waals surface area contributed by atoms with Gasteiger partial charge in [-0.15, -0.1) is 0 Å². The molecule has 0 saturated carbocycles. The molecule has 0 fully saturated rings. The van der Waals surface area contributed by atoms with E-state index in [2.05, 4.69) is 31.0 Å². The summed E-state index contributed by atoms with van der Waals surface area (Å²) in [6.07, 6.45) is 4.72. The quantitative estimate of drug-likeness (QED) is 0.759. The van der Waals surface area contributed by atoms with Crippen molar-refractivity contribution in [3.8, 4) is 12.1 Å². The van der Waals surface area contributed by atoms with E-state index >= 15 is 0 Å². The van der Waals surface area contributed by atoms with Crippen LogP contribution in [0.2, 0.25) is 0 Å². The van der Waals surface area contributed by atoms with Crippen molar-refractivity contribution in [2.45, 2.75) is 39.2 Å². The molecule has 0 unspecified atom stereocenters. The van der Waals surface area contributed by atoms with Crippen molar-refractivity contribution in [1.29, 1.82) is 10.5 Å². The summed E-state index contributed by atoms with van der Waals surface area (Å²) in [5.74, 6) is 1.24. The highest BCUT2D eigenvalue weighted by Gasteiger charge is 2.12. The van der Waals surface area contributed by atoms with Gasteiger partial charge >= 0.3 is 0 Å². The molecule has 1 rings (SSSR count). The Bertz CT molecular complexity index is 405. The molecule has 1 heterocycles. The van der Waals surface area contributed by atoms with E-state index in [-0.39, 0.29) is 5.92 Å². The van der Waals surface area contributed by atoms with Gasteiger partial charge in [-0.25, -0.2) is 4.98 Å². The maximum Gasteiger partial charge on any atom is 0.111 e. The van der Waals surface area contributed by atoms with Gasteiger partial charge in [-0.3, -0.25) is 0 Å². The second-order valence-electron chi connectivity index (χ2n) is 4.12. The van der Waals surface area contributed by atoms with E-state index in [4.69, 9.17) is 10.5 Å². The van der Waals surface area contributed by atoms with Gasteiger partial charge in [0.2, 0.25) is 0 Å². The molecule has 0 saturated heterocycles. The third kappa shape index (κ3) is 3.10. The molecule has 84 valence electrons. The lowest BCUT2D eigenvalue weighted by atomic mass is 10.1. The van der Waals surface area contributed by atoms with Crippen LogP contribution in [-0.2, 0) is 6.54 Å². The number of imidazole rings is 1. The molecule has 0 spiro atoms. The molecule has 1 atom stereocenters. The lowest BCUT2D eigenvalue weighted by Gasteiger charge is -2.13. The first-order valence-corrected chi connectivity index (χ1v) is 5.46. The normalized spacial score (nSPS) is 12.1. The van der Waals surface area contributed by atoms with Gasteiger partial charge in [-0.2, -0.15) is 10.5 Å². The Morgan fingerprint density at radius 3 is 2.75 bits per heavy atom. The standard InChI is InChI=1S/C12H16N4/c1-10(2)12-15-6-7-16(12)9-11(8-14)4-3-5-13/h6-7,10-11H,3-4,9H2,1-2H3/t11-/m1/s1. The highest BCUT2D eigenvalue weighted by atomic mass is 15.1. The van der Waals surface area contributed by atoms with E-state index in [1.54, 1.807) is 6.20 Å². The zero-order chi connectivity index (χ0) is 12.0. The second-order valence-corrected chi connectivity index (χ2v) is 4.12. The van der Waals surface area contributed by atoms with Gasteiger partial charge in [-0.05, 0) is 6.42 Å². The predicted molar refractivity (Wildman–Crippen MR) is 60.3 cm³/mol. The fourth-order valence-electron chi connectivity index (χ4n) is 1.65. The minimum absolute atomic E-state index is 0.105. The van der Waals surface area contributed by atoms with Crippen LogP contribution in [0.25, 0.3) is 0 Å². The fourth-order valence-corrected chi connectivity index (χ4v) is 1.65. The molecule has 4 nitrogen and oxygen atoms in total. The molecule has 0 aliphatic heterocycles. The molecule has 0 aliphatic rings. The Hall–Kier alpha value is -1.81. The van der Waals surface area contributed by atoms with Crippen LogP contribution in [0.5, 0.6) is 0 Å². The number of hydrogen-bond acceptors (Lipinski definition) is 3. The highest BCUT2D eigenvalue weighted by molar-refractivity contribution is 4.99. The average Bonchev–Trinajstić information content (AvgIpc) is 2.72. The van der Waals surface area contributed by atoms with Crippen molar-refractivity contribution >= 4 is 0 Å². The third-order valence-electron chi connectivity index (χ3n) is 2.47. The molecule has 0 aliphatic carbocycles. The molecule has 0 radical (unpaired) electrons. The summed E-state index contributed by atoms with van der Waals surface area (Å²) < 4.78 is 2.01. The molecule has 1 aromatic rings. The van der Waals surface area contributed by atoms with Crippen LogP contribution in [0.1, 0.15) is 38.4 Å². The van der Waals surface area contributed by atoms with Gasteiger partial charge in [0.15, 0.2) is 0 Å². The summed E-state index contributed by atoms with van der Waals surface area (Å²) >= 11 is 0. The van der Waals surface area contributed by atoms with Crippen molar-refractivity contribution < 1.29 is 0 Å². The Balaban J connectivity index is 2.68. The van der Waals surface area contributed by atoms with Gasteiger partial charge in [-0.1, -0.05) is 13.8 Å². The summed E-state index contributed by atoms with van der Waals surface area (Å²) in [4.78, 5) is 4.27. The fraction of sp³-hybridized carbons (Fsp3) is 0.583. The molecular formula is C12H16N4. The number of hydrogen-bond donors (Lipinski definition) is 0. The molecular weight excluding hydrogens is 200 g/mol. The van der Waals surface area contributed by atoms with Gasteiger partial charge in [0.05, 0.1) is 18.1 Å². The number of aromatic nitrogens is 2. The topological polar surface area (TPSA) is 65.4 Å². The zero-order valence-corrected chi connectivity index (χ0v) is 9.72. The SMILES string of the molecule is CC(C)c1nccn1C[C@@H](C#N)CCC#N. The van der Waals surface area contributed by atoms with Crippen molar-refractivity contribution in [2.24, 2.45) is 5.92 Å². The maximum absolute atomic E-state index is 8.99. The highest BCUT2D eigenvalue weighted by Crippen LogP contribution is 2.15. The monoisotopic (exact) mass is 216 g/mol. The largest absolute Gasteiger partial charge is 0.333 e. The summed E-state index contributed by atoms with van der Waals surface area (Å²) in [6, 6.07) is 4.32. The first kappa shape index (κ1) is 12.3. The first-order valence-electron chi connectivity index (χ1n) is 5.46. The number of nitrogens with zero attached hydrogens (tertiary/aromatic N) is 4. The molecule has 4 heteroatoms. The van der Waals surface area contributed by atoms with E-state index in [0.29, 0.717) is 25.3 Å². The van der Waals surface area contributed by atoms with E-state index in [9.17, 15) is 0 Å². The predicted octanol–water partition coefficient (Wildman–Crippen LogP) is 2.45. The lowest BCUT2D eigenvalue weighted by molar-refractivity contribution is 0.490. The second kappa shape index (κ2) is 5.92. The number of rotatable bonds is 5. The van der Waals surface area contributed by atoms with Crippen LogP contribution < -0.4 is 0 Å². The summed E-state index contributed by atoms with van der Waals surface area (Å²) in [6.45, 7) is 4.79. The van der Waals surface area contributed by atoms with Gasteiger partial charge in [0.25, 0.3) is 0 Å². The van der Waals surface area contributed by atoms with Crippen molar-refractivity contribution in [1.82, 2.24) is 9.55 Å². The van der Waals surface area contributed by atoms with Crippen LogP contribution in [-0.4, -0.2) is 9.55 Å². The summed E-state index contributed by atoms with van der Waals surface area (Å²) in [5, 5.41) is 17.5. The van der Waals surface area contributed by atoms with Gasteiger partial charge in [0, 0.05) is 31.3 Å². The molecule has 0 N–H and O–H groups in total. The first-order chi connectivity index (χ1) is 7.69. The van der Waals surface area contributed by atoms with E-state index in [1.165, 1.54) is 0 Å². The van der Waals surface area contributed by atoms with Crippen molar-refractivity contribution in [3.05, 3.63) is 18.2 Å². The summed E-state index contributed by atoms with van der Waals surface area (Å²) in [5.41, 5.74) is 0. The molecule has 16 heavy (non-hydrogen) atoms. The Morgan fingerprint density at radius 2 is 2.19 bits per heavy atom. The smallest absolute Gasteiger partial charge is 0.111 e. The summed E-state index contributed by atoms with van der Waals surface area (Å²) in [7, 11) is 0. The lowest BCUT2D eigenvalue weighted by Crippen LogP contribution is -2.12. The average molecular weight is 216 g/mol. The van der Waals surface area contributed by atoms with E-state index in [1.807, 2.05) is 10.8 Å². The van der Waals surface area contributed by atoms with Crippen LogP contribution in [0, 0.1) is 28.6 Å². The molecule has 0 aromatic carbocycles. The Kier molecular flexibility index (Phi) is 4.54.